The summed E-state index contributed by atoms with van der Waals surface area (Å²) < 4.78 is 109. The van der Waals surface area contributed by atoms with Gasteiger partial charge in [0.2, 0.25) is 0 Å². The molecule has 1 unspecified atom stereocenters. The first-order valence-corrected chi connectivity index (χ1v) is 21.8. The topological polar surface area (TPSA) is 35.9 Å². The quantitative estimate of drug-likeness (QED) is 0.107. The van der Waals surface area contributed by atoms with Crippen molar-refractivity contribution in [1.82, 2.24) is 14.1 Å². The number of hydrogen-bond acceptors (Lipinski definition) is 2. The van der Waals surface area contributed by atoms with Crippen LogP contribution in [0.4, 0.5) is 0 Å². The normalized spacial score (nSPS) is 15.1. The molecule has 5 nitrogen and oxygen atoms in total. The first-order chi connectivity index (χ1) is 36.7. The van der Waals surface area contributed by atoms with Crippen LogP contribution in [0.15, 0.2) is 206 Å². The van der Waals surface area contributed by atoms with Gasteiger partial charge >= 0.3 is 0 Å². The van der Waals surface area contributed by atoms with E-state index in [0.717, 1.165) is 44.1 Å². The van der Waals surface area contributed by atoms with Gasteiger partial charge in [0, 0.05) is 24.4 Å². The molecular weight excluding hydrogens is 805 g/mol. The van der Waals surface area contributed by atoms with Crippen LogP contribution in [0, 0.1) is 18.7 Å². The van der Waals surface area contributed by atoms with E-state index in [1.54, 1.807) is 33.5 Å². The second kappa shape index (κ2) is 16.5. The number of nitrogens with zero attached hydrogens (tertiary/aromatic N) is 4. The van der Waals surface area contributed by atoms with Crippen LogP contribution in [0.3, 0.4) is 0 Å². The molecule has 0 bridgehead atoms. The monoisotopic (exact) mass is 865 g/mol. The fourth-order valence-electron chi connectivity index (χ4n) is 8.78. The first-order valence-electron chi connectivity index (χ1n) is 27.3. The van der Waals surface area contributed by atoms with Gasteiger partial charge in [-0.2, -0.15) is 0 Å². The van der Waals surface area contributed by atoms with Crippen molar-refractivity contribution in [2.24, 2.45) is 5.41 Å². The summed E-state index contributed by atoms with van der Waals surface area (Å²) in [7, 11) is 0. The Balaban J connectivity index is 1.08. The molecule has 8 aromatic carbocycles. The molecule has 0 radical (unpaired) electrons. The number of pyridine rings is 1. The van der Waals surface area contributed by atoms with Crippen molar-refractivity contribution in [3.63, 3.8) is 0 Å². The standard InChI is InChI=1S/C61H50N4O/c1-41-18-15-29-56-59(41)64(60-51(44-21-11-7-12-22-44)27-17-28-52(60)45-23-13-8-14-24-45)40-63(56)48-25-16-26-49(38-48)66-50-31-32-53-54-36-47(43-19-9-6-10-20-43)30-33-55(54)65(57(53)39-50)58-37-46(34-35-62-58)42(2)61(3,4)5/h6-39,42H,1-5H3/i7D,8D,11D,12D,13D,14D,21D,22D,23D,24D,42D. The van der Waals surface area contributed by atoms with Gasteiger partial charge in [0.15, 0.2) is 0 Å². The number of aromatic nitrogens is 4. The maximum absolute atomic E-state index is 9.46. The SMILES string of the molecule is [2H]c1c([2H])c([2H])c(-c2cccc(-c3c([2H])c([2H])c([2H])c([2H])c3[2H])c2-[n+]2[c-]n(-c3cccc(Oc4ccc5c6cc(-c7ccccc7)ccc6n(-c6cc(C([2H])(C)C(C)(C)C)ccn6)c5c4)c3)c3cccc(C)c32)c([2H])c1[2H]. The fraction of sp³-hybridized carbons (Fsp3) is 0.115. The molecule has 0 aliphatic rings. The molecule has 11 rings (SSSR count). The van der Waals surface area contributed by atoms with Crippen LogP contribution >= 0.6 is 0 Å². The van der Waals surface area contributed by atoms with Crippen LogP contribution in [0.25, 0.3) is 83.4 Å². The summed E-state index contributed by atoms with van der Waals surface area (Å²) in [6.45, 7) is 10.0. The van der Waals surface area contributed by atoms with Crippen LogP contribution in [-0.2, 0) is 0 Å². The van der Waals surface area contributed by atoms with Gasteiger partial charge in [0.25, 0.3) is 6.33 Å². The lowest BCUT2D eigenvalue weighted by molar-refractivity contribution is -0.571. The Morgan fingerprint density at radius 3 is 2.05 bits per heavy atom. The number of hydrogen-bond donors (Lipinski definition) is 0. The third-order valence-corrected chi connectivity index (χ3v) is 12.4. The Morgan fingerprint density at radius 2 is 1.32 bits per heavy atom. The number of rotatable bonds is 9. The minimum absolute atomic E-state index is 0.137. The summed E-state index contributed by atoms with van der Waals surface area (Å²) in [4.78, 5) is 4.90. The zero-order valence-corrected chi connectivity index (χ0v) is 37.1. The van der Waals surface area contributed by atoms with Crippen molar-refractivity contribution in [1.29, 1.82) is 0 Å². The lowest BCUT2D eigenvalue weighted by atomic mass is 9.78. The summed E-state index contributed by atoms with van der Waals surface area (Å²) in [6.07, 6.45) is 5.25. The molecular formula is C61H50N4O. The Bertz CT molecular complexity index is 4090. The van der Waals surface area contributed by atoms with Crippen molar-refractivity contribution < 1.29 is 24.4 Å². The molecule has 1 atom stereocenters. The average Bonchev–Trinajstić information content (AvgIpc) is 4.14. The number of ether oxygens (including phenoxy) is 1. The molecule has 0 amide bonds. The van der Waals surface area contributed by atoms with Crippen LogP contribution in [0.2, 0.25) is 0 Å². The van der Waals surface area contributed by atoms with Gasteiger partial charge in [-0.1, -0.05) is 167 Å². The summed E-state index contributed by atoms with van der Waals surface area (Å²) in [6, 6.07) is 39.2. The average molecular weight is 866 g/mol. The largest absolute Gasteiger partial charge is 0.458 e. The van der Waals surface area contributed by atoms with Crippen LogP contribution in [-0.4, -0.2) is 14.1 Å². The lowest BCUT2D eigenvalue weighted by Gasteiger charge is -2.27. The Kier molecular flexibility index (Phi) is 7.55. The highest BCUT2D eigenvalue weighted by Gasteiger charge is 2.24. The molecule has 320 valence electrons. The molecule has 3 heterocycles. The minimum Gasteiger partial charge on any atom is -0.458 e. The molecule has 0 saturated heterocycles. The molecule has 3 aromatic heterocycles. The molecule has 0 saturated carbocycles. The van der Waals surface area contributed by atoms with E-state index in [9.17, 15) is 1.37 Å². The van der Waals surface area contributed by atoms with Gasteiger partial charge in [0.05, 0.1) is 47.1 Å². The number of para-hydroxylation sites is 2. The predicted molar refractivity (Wildman–Crippen MR) is 271 cm³/mol. The number of fused-ring (bicyclic) bond motifs is 4. The van der Waals surface area contributed by atoms with E-state index >= 15 is 0 Å². The molecule has 0 aliphatic carbocycles. The van der Waals surface area contributed by atoms with E-state index in [2.05, 4.69) is 68.1 Å². The number of aryl methyl sites for hydroxylation is 1. The predicted octanol–water partition coefficient (Wildman–Crippen LogP) is 15.5. The molecule has 66 heavy (non-hydrogen) atoms. The van der Waals surface area contributed by atoms with E-state index in [0.29, 0.717) is 34.0 Å². The van der Waals surface area contributed by atoms with Gasteiger partial charge < -0.3 is 4.74 Å². The third kappa shape index (κ3) is 7.33. The highest BCUT2D eigenvalue weighted by atomic mass is 16.5. The maximum atomic E-state index is 9.46. The van der Waals surface area contributed by atoms with Gasteiger partial charge in [-0.15, -0.1) is 0 Å². The second-order valence-corrected chi connectivity index (χ2v) is 17.4. The number of benzene rings is 8. The van der Waals surface area contributed by atoms with Crippen molar-refractivity contribution >= 4 is 32.8 Å². The van der Waals surface area contributed by atoms with E-state index < -0.39 is 66.3 Å². The smallest absolute Gasteiger partial charge is 0.269 e. The molecule has 0 N–H and O–H groups in total. The van der Waals surface area contributed by atoms with Crippen LogP contribution in [0.1, 0.15) is 59.8 Å². The Morgan fingerprint density at radius 1 is 0.621 bits per heavy atom. The fourth-order valence-corrected chi connectivity index (χ4v) is 8.78. The van der Waals surface area contributed by atoms with Crippen molar-refractivity contribution in [2.45, 2.75) is 40.5 Å². The highest BCUT2D eigenvalue weighted by Crippen LogP contribution is 2.40. The molecule has 5 heteroatoms. The van der Waals surface area contributed by atoms with Crippen LogP contribution in [0.5, 0.6) is 11.5 Å². The van der Waals surface area contributed by atoms with E-state index in [4.69, 9.17) is 23.4 Å². The van der Waals surface area contributed by atoms with Crippen molar-refractivity contribution in [3.05, 3.63) is 224 Å². The van der Waals surface area contributed by atoms with Crippen LogP contribution < -0.4 is 9.30 Å². The first kappa shape index (κ1) is 30.2. The molecule has 11 aromatic rings. The molecule has 0 spiro atoms. The van der Waals surface area contributed by atoms with Gasteiger partial charge in [0.1, 0.15) is 17.3 Å². The Hall–Kier alpha value is -8.02. The summed E-state index contributed by atoms with van der Waals surface area (Å²) >= 11 is 0. The Labute approximate surface area is 401 Å². The summed E-state index contributed by atoms with van der Waals surface area (Å²) in [5.74, 6) is 0.767. The van der Waals surface area contributed by atoms with Gasteiger partial charge in [-0.3, -0.25) is 13.7 Å². The minimum atomic E-state index is -0.927. The third-order valence-electron chi connectivity index (χ3n) is 12.4. The summed E-state index contributed by atoms with van der Waals surface area (Å²) in [5.41, 5.74) is 7.24. The van der Waals surface area contributed by atoms with Crippen molar-refractivity contribution in [3.8, 4) is 62.1 Å². The zero-order chi connectivity index (χ0) is 54.6. The highest BCUT2D eigenvalue weighted by molar-refractivity contribution is 6.10. The lowest BCUT2D eigenvalue weighted by Crippen LogP contribution is -2.32. The van der Waals surface area contributed by atoms with E-state index in [1.165, 1.54) is 0 Å². The van der Waals surface area contributed by atoms with Gasteiger partial charge in [-0.05, 0) is 117 Å². The summed E-state index contributed by atoms with van der Waals surface area (Å²) in [5, 5.41) is 2.00. The van der Waals surface area contributed by atoms with Crippen molar-refractivity contribution in [2.75, 3.05) is 0 Å². The van der Waals surface area contributed by atoms with E-state index in [-0.39, 0.29) is 33.4 Å². The zero-order valence-electron chi connectivity index (χ0n) is 48.1. The second-order valence-electron chi connectivity index (χ2n) is 17.4. The molecule has 0 aliphatic heterocycles. The number of imidazole rings is 1. The molecule has 0 fully saturated rings. The van der Waals surface area contributed by atoms with Gasteiger partial charge in [-0.25, -0.2) is 4.98 Å². The van der Waals surface area contributed by atoms with E-state index in [1.807, 2.05) is 98.8 Å². The maximum Gasteiger partial charge on any atom is 0.269 e.